The van der Waals surface area contributed by atoms with Crippen LogP contribution in [0.1, 0.15) is 4.88 Å². The molecule has 0 N–H and O–H groups in total. The van der Waals surface area contributed by atoms with E-state index in [-0.39, 0.29) is 14.4 Å². The minimum Gasteiger partial charge on any atom is -0.211 e. The van der Waals surface area contributed by atoms with E-state index in [0.29, 0.717) is 11.3 Å². The van der Waals surface area contributed by atoms with E-state index in [1.54, 1.807) is 6.07 Å². The summed E-state index contributed by atoms with van der Waals surface area (Å²) in [7, 11) is 1.08. The van der Waals surface area contributed by atoms with E-state index in [1.165, 1.54) is 0 Å². The van der Waals surface area contributed by atoms with Gasteiger partial charge in [0.1, 0.15) is 10.9 Å². The SMILES string of the molecule is N#Cc1sc(S(=O)(=O)Cl)nc1Cl. The van der Waals surface area contributed by atoms with Crippen molar-refractivity contribution < 1.29 is 8.42 Å². The fourth-order valence-corrected chi connectivity index (χ4v) is 2.52. The zero-order valence-electron chi connectivity index (χ0n) is 5.28. The van der Waals surface area contributed by atoms with E-state index in [1.807, 2.05) is 0 Å². The van der Waals surface area contributed by atoms with Crippen molar-refractivity contribution in [3.05, 3.63) is 10.0 Å². The number of thiazole rings is 1. The molecule has 0 amide bonds. The maximum absolute atomic E-state index is 10.7. The van der Waals surface area contributed by atoms with E-state index in [2.05, 4.69) is 4.98 Å². The third-order valence-corrected chi connectivity index (χ3v) is 4.15. The topological polar surface area (TPSA) is 70.8 Å². The lowest BCUT2D eigenvalue weighted by Crippen LogP contribution is -1.87. The molecule has 0 unspecified atom stereocenters. The first kappa shape index (κ1) is 9.74. The first-order chi connectivity index (χ1) is 5.45. The average molecular weight is 243 g/mol. The van der Waals surface area contributed by atoms with Gasteiger partial charge >= 0.3 is 0 Å². The number of nitrogens with zero attached hydrogens (tertiary/aromatic N) is 2. The van der Waals surface area contributed by atoms with Gasteiger partial charge in [0.25, 0.3) is 9.05 Å². The van der Waals surface area contributed by atoms with Gasteiger partial charge in [-0.1, -0.05) is 22.9 Å². The number of hydrogen-bond donors (Lipinski definition) is 0. The largest absolute Gasteiger partial charge is 0.288 e. The Hall–Kier alpha value is -0.350. The lowest BCUT2D eigenvalue weighted by Gasteiger charge is -1.81. The van der Waals surface area contributed by atoms with Crippen molar-refractivity contribution >= 4 is 42.7 Å². The van der Waals surface area contributed by atoms with E-state index in [0.717, 1.165) is 0 Å². The standard InChI is InChI=1S/C4Cl2N2O2S2/c5-3-2(1-7)11-4(8-3)12(6,9)10. The third kappa shape index (κ3) is 1.87. The Morgan fingerprint density at radius 3 is 2.42 bits per heavy atom. The second-order valence-corrected chi connectivity index (χ2v) is 5.75. The fourth-order valence-electron chi connectivity index (χ4n) is 0.456. The van der Waals surface area contributed by atoms with Crippen LogP contribution < -0.4 is 0 Å². The molecule has 0 atom stereocenters. The van der Waals surface area contributed by atoms with E-state index in [4.69, 9.17) is 27.5 Å². The zero-order valence-corrected chi connectivity index (χ0v) is 8.43. The number of nitriles is 1. The second kappa shape index (κ2) is 3.18. The summed E-state index contributed by atoms with van der Waals surface area (Å²) in [6.07, 6.45) is 0. The number of hydrogen-bond acceptors (Lipinski definition) is 5. The molecule has 1 heterocycles. The normalized spacial score (nSPS) is 11.1. The van der Waals surface area contributed by atoms with E-state index < -0.39 is 9.05 Å². The Balaban J connectivity index is 3.35. The summed E-state index contributed by atoms with van der Waals surface area (Å²) in [5.74, 6) is 0. The predicted octanol–water partition coefficient (Wildman–Crippen LogP) is 1.60. The molecular weight excluding hydrogens is 243 g/mol. The molecule has 1 aromatic heterocycles. The molecule has 0 spiro atoms. The van der Waals surface area contributed by atoms with Gasteiger partial charge in [-0.25, -0.2) is 13.4 Å². The zero-order chi connectivity index (χ0) is 9.35. The van der Waals surface area contributed by atoms with Crippen molar-refractivity contribution in [2.75, 3.05) is 0 Å². The molecule has 0 aliphatic heterocycles. The van der Waals surface area contributed by atoms with Gasteiger partial charge in [-0.05, 0) is 0 Å². The van der Waals surface area contributed by atoms with Crippen LogP contribution in [-0.2, 0) is 9.05 Å². The maximum Gasteiger partial charge on any atom is 0.288 e. The molecule has 4 nitrogen and oxygen atoms in total. The van der Waals surface area contributed by atoms with E-state index in [9.17, 15) is 8.42 Å². The molecule has 12 heavy (non-hydrogen) atoms. The van der Waals surface area contributed by atoms with Crippen LogP contribution in [0, 0.1) is 11.3 Å². The summed E-state index contributed by atoms with van der Waals surface area (Å²) in [6.45, 7) is 0. The summed E-state index contributed by atoms with van der Waals surface area (Å²) in [5, 5.41) is 8.26. The van der Waals surface area contributed by atoms with Crippen molar-refractivity contribution in [3.63, 3.8) is 0 Å². The average Bonchev–Trinajstić information content (AvgIpc) is 2.29. The fraction of sp³-hybridized carbons (Fsp3) is 0. The molecule has 0 radical (unpaired) electrons. The summed E-state index contributed by atoms with van der Waals surface area (Å²) < 4.78 is 21.0. The molecule has 0 saturated carbocycles. The molecule has 0 aliphatic rings. The molecule has 0 saturated heterocycles. The van der Waals surface area contributed by atoms with Gasteiger partial charge < -0.3 is 0 Å². The summed E-state index contributed by atoms with van der Waals surface area (Å²) >= 11 is 6.05. The first-order valence-electron chi connectivity index (χ1n) is 2.46. The van der Waals surface area contributed by atoms with Gasteiger partial charge in [-0.3, -0.25) is 0 Å². The monoisotopic (exact) mass is 242 g/mol. The Morgan fingerprint density at radius 2 is 2.17 bits per heavy atom. The van der Waals surface area contributed by atoms with Crippen LogP contribution in [0.5, 0.6) is 0 Å². The van der Waals surface area contributed by atoms with Crippen LogP contribution in [0.3, 0.4) is 0 Å². The lowest BCUT2D eigenvalue weighted by molar-refractivity contribution is 0.609. The van der Waals surface area contributed by atoms with Crippen molar-refractivity contribution in [1.29, 1.82) is 5.26 Å². The molecular formula is C4Cl2N2O2S2. The van der Waals surface area contributed by atoms with Crippen LogP contribution >= 0.6 is 33.6 Å². The minimum atomic E-state index is -3.87. The molecule has 1 rings (SSSR count). The smallest absolute Gasteiger partial charge is 0.211 e. The van der Waals surface area contributed by atoms with Crippen molar-refractivity contribution in [2.45, 2.75) is 4.34 Å². The molecule has 0 fully saturated rings. The van der Waals surface area contributed by atoms with Crippen LogP contribution in [0.25, 0.3) is 0 Å². The van der Waals surface area contributed by atoms with Crippen LogP contribution in [0.15, 0.2) is 4.34 Å². The van der Waals surface area contributed by atoms with Crippen molar-refractivity contribution in [2.24, 2.45) is 0 Å². The quantitative estimate of drug-likeness (QED) is 0.702. The number of halogens is 2. The van der Waals surface area contributed by atoms with Crippen molar-refractivity contribution in [3.8, 4) is 6.07 Å². The van der Waals surface area contributed by atoms with Crippen LogP contribution in [-0.4, -0.2) is 13.4 Å². The molecule has 1 aromatic rings. The van der Waals surface area contributed by atoms with Gasteiger partial charge in [0.15, 0.2) is 5.15 Å². The van der Waals surface area contributed by atoms with Gasteiger partial charge in [0.2, 0.25) is 4.34 Å². The van der Waals surface area contributed by atoms with Crippen LogP contribution in [0.2, 0.25) is 5.15 Å². The van der Waals surface area contributed by atoms with Gasteiger partial charge in [0.05, 0.1) is 0 Å². The summed E-state index contributed by atoms with van der Waals surface area (Å²) in [6, 6.07) is 1.69. The highest BCUT2D eigenvalue weighted by Gasteiger charge is 2.18. The molecule has 8 heteroatoms. The Labute approximate surface area is 81.8 Å². The molecule has 0 aromatic carbocycles. The Kier molecular flexibility index (Phi) is 2.58. The van der Waals surface area contributed by atoms with Crippen LogP contribution in [0.4, 0.5) is 0 Å². The molecule has 0 aliphatic carbocycles. The first-order valence-corrected chi connectivity index (χ1v) is 5.96. The highest BCUT2D eigenvalue weighted by molar-refractivity contribution is 8.14. The predicted molar refractivity (Wildman–Crippen MR) is 44.9 cm³/mol. The maximum atomic E-state index is 10.7. The van der Waals surface area contributed by atoms with E-state index >= 15 is 0 Å². The highest BCUT2D eigenvalue weighted by atomic mass is 35.7. The van der Waals surface area contributed by atoms with Gasteiger partial charge in [-0.15, -0.1) is 0 Å². The van der Waals surface area contributed by atoms with Gasteiger partial charge in [0, 0.05) is 10.7 Å². The number of rotatable bonds is 1. The Bertz CT molecular complexity index is 444. The summed E-state index contributed by atoms with van der Waals surface area (Å²) in [5.41, 5.74) is 0. The Morgan fingerprint density at radius 1 is 1.58 bits per heavy atom. The van der Waals surface area contributed by atoms with Crippen molar-refractivity contribution in [1.82, 2.24) is 4.98 Å². The highest BCUT2D eigenvalue weighted by Crippen LogP contribution is 2.27. The second-order valence-electron chi connectivity index (χ2n) is 1.65. The molecule has 64 valence electrons. The molecule has 0 bridgehead atoms. The minimum absolute atomic E-state index is 0.0379. The van der Waals surface area contributed by atoms with Gasteiger partial charge in [-0.2, -0.15) is 5.26 Å². The summed E-state index contributed by atoms with van der Waals surface area (Å²) in [4.78, 5) is 3.43. The number of aromatic nitrogens is 1. The lowest BCUT2D eigenvalue weighted by atomic mass is 10.6. The third-order valence-electron chi connectivity index (χ3n) is 0.876.